The van der Waals surface area contributed by atoms with Gasteiger partial charge >= 0.3 is 0 Å². The Bertz CT molecular complexity index is 704. The van der Waals surface area contributed by atoms with Crippen LogP contribution in [-0.4, -0.2) is 27.2 Å². The van der Waals surface area contributed by atoms with Gasteiger partial charge in [-0.1, -0.05) is 24.3 Å². The van der Waals surface area contributed by atoms with Gasteiger partial charge in [0.25, 0.3) is 0 Å². The molecule has 0 saturated heterocycles. The summed E-state index contributed by atoms with van der Waals surface area (Å²) in [6.45, 7) is 0.996. The lowest BCUT2D eigenvalue weighted by molar-refractivity contribution is 0.351. The van der Waals surface area contributed by atoms with Crippen LogP contribution in [0.5, 0.6) is 11.5 Å². The molecule has 0 aliphatic rings. The van der Waals surface area contributed by atoms with Crippen LogP contribution in [0.3, 0.4) is 0 Å². The van der Waals surface area contributed by atoms with E-state index in [0.717, 1.165) is 11.1 Å². The van der Waals surface area contributed by atoms with Gasteiger partial charge in [0, 0.05) is 25.7 Å². The largest absolute Gasteiger partial charge is 0.493 e. The number of ether oxygens (including phenoxy) is 2. The van der Waals surface area contributed by atoms with Crippen LogP contribution in [0.15, 0.2) is 47.5 Å². The van der Waals surface area contributed by atoms with Crippen molar-refractivity contribution < 1.29 is 13.9 Å². The summed E-state index contributed by atoms with van der Waals surface area (Å²) in [7, 11) is 4.90. The molecule has 0 amide bonds. The maximum absolute atomic E-state index is 13.2. The maximum atomic E-state index is 13.2. The predicted octanol–water partition coefficient (Wildman–Crippen LogP) is 2.71. The van der Waals surface area contributed by atoms with Gasteiger partial charge in [-0.3, -0.25) is 4.99 Å². The number of guanidine groups is 1. The molecule has 128 valence electrons. The van der Waals surface area contributed by atoms with Crippen molar-refractivity contribution >= 4 is 5.96 Å². The molecular formula is C18H22FN3O2. The first kappa shape index (κ1) is 17.6. The minimum absolute atomic E-state index is 0.252. The van der Waals surface area contributed by atoms with Crippen LogP contribution in [0.25, 0.3) is 0 Å². The molecule has 0 heterocycles. The zero-order valence-electron chi connectivity index (χ0n) is 14.1. The Morgan fingerprint density at radius 2 is 1.79 bits per heavy atom. The van der Waals surface area contributed by atoms with Crippen molar-refractivity contribution in [3.63, 3.8) is 0 Å². The topological polar surface area (TPSA) is 54.9 Å². The highest BCUT2D eigenvalue weighted by atomic mass is 19.1. The quantitative estimate of drug-likeness (QED) is 0.631. The zero-order valence-corrected chi connectivity index (χ0v) is 14.1. The van der Waals surface area contributed by atoms with Crippen LogP contribution in [0.2, 0.25) is 0 Å². The average molecular weight is 331 g/mol. The molecule has 0 saturated carbocycles. The van der Waals surface area contributed by atoms with Crippen LogP contribution in [-0.2, 0) is 13.1 Å². The Kier molecular flexibility index (Phi) is 6.42. The lowest BCUT2D eigenvalue weighted by Crippen LogP contribution is -2.36. The normalized spacial score (nSPS) is 11.1. The van der Waals surface area contributed by atoms with Crippen molar-refractivity contribution in [3.8, 4) is 11.5 Å². The lowest BCUT2D eigenvalue weighted by Gasteiger charge is -2.15. The highest BCUT2D eigenvalue weighted by molar-refractivity contribution is 5.79. The van der Waals surface area contributed by atoms with Crippen LogP contribution < -0.4 is 20.1 Å². The van der Waals surface area contributed by atoms with Crippen molar-refractivity contribution in [2.75, 3.05) is 21.3 Å². The van der Waals surface area contributed by atoms with E-state index in [2.05, 4.69) is 15.6 Å². The number of aliphatic imine (C=N–C) groups is 1. The SMILES string of the molecule is CN=C(NCc1cccc(F)c1)NCc1cccc(OC)c1OC. The summed E-state index contributed by atoms with van der Waals surface area (Å²) in [5.74, 6) is 1.73. The Hall–Kier alpha value is -2.76. The van der Waals surface area contributed by atoms with Gasteiger partial charge in [0.2, 0.25) is 0 Å². The first-order valence-electron chi connectivity index (χ1n) is 7.56. The van der Waals surface area contributed by atoms with Gasteiger partial charge in [-0.25, -0.2) is 4.39 Å². The van der Waals surface area contributed by atoms with E-state index in [1.54, 1.807) is 27.3 Å². The minimum Gasteiger partial charge on any atom is -0.493 e. The molecule has 2 aromatic rings. The first-order valence-corrected chi connectivity index (χ1v) is 7.56. The molecule has 0 spiro atoms. The molecule has 6 heteroatoms. The van der Waals surface area contributed by atoms with Gasteiger partial charge in [-0.15, -0.1) is 0 Å². The summed E-state index contributed by atoms with van der Waals surface area (Å²) < 4.78 is 23.9. The second kappa shape index (κ2) is 8.76. The fourth-order valence-corrected chi connectivity index (χ4v) is 2.33. The summed E-state index contributed by atoms with van der Waals surface area (Å²) in [5.41, 5.74) is 1.79. The van der Waals surface area contributed by atoms with E-state index in [9.17, 15) is 4.39 Å². The van der Waals surface area contributed by atoms with E-state index in [1.165, 1.54) is 12.1 Å². The molecule has 0 aliphatic heterocycles. The van der Waals surface area contributed by atoms with E-state index in [-0.39, 0.29) is 5.82 Å². The Labute approximate surface area is 141 Å². The fraction of sp³-hybridized carbons (Fsp3) is 0.278. The Morgan fingerprint density at radius 3 is 2.46 bits per heavy atom. The molecule has 0 unspecified atom stereocenters. The summed E-state index contributed by atoms with van der Waals surface area (Å²) in [6, 6.07) is 12.2. The summed E-state index contributed by atoms with van der Waals surface area (Å²) in [4.78, 5) is 4.17. The van der Waals surface area contributed by atoms with Gasteiger partial charge in [-0.2, -0.15) is 0 Å². The van der Waals surface area contributed by atoms with E-state index in [4.69, 9.17) is 9.47 Å². The number of methoxy groups -OCH3 is 2. The molecule has 5 nitrogen and oxygen atoms in total. The van der Waals surface area contributed by atoms with Crippen molar-refractivity contribution in [1.82, 2.24) is 10.6 Å². The van der Waals surface area contributed by atoms with Crippen LogP contribution in [0.1, 0.15) is 11.1 Å². The monoisotopic (exact) mass is 331 g/mol. The fourth-order valence-electron chi connectivity index (χ4n) is 2.33. The number of nitrogens with zero attached hydrogens (tertiary/aromatic N) is 1. The van der Waals surface area contributed by atoms with Gasteiger partial charge in [-0.05, 0) is 23.8 Å². The smallest absolute Gasteiger partial charge is 0.191 e. The van der Waals surface area contributed by atoms with E-state index < -0.39 is 0 Å². The number of hydrogen-bond donors (Lipinski definition) is 2. The zero-order chi connectivity index (χ0) is 17.4. The molecule has 2 rings (SSSR count). The number of halogens is 1. The van der Waals surface area contributed by atoms with Crippen molar-refractivity contribution in [1.29, 1.82) is 0 Å². The van der Waals surface area contributed by atoms with Crippen molar-refractivity contribution in [2.45, 2.75) is 13.1 Å². The second-order valence-electron chi connectivity index (χ2n) is 5.06. The summed E-state index contributed by atoms with van der Waals surface area (Å²) >= 11 is 0. The molecule has 0 radical (unpaired) electrons. The molecule has 0 fully saturated rings. The molecule has 0 aromatic heterocycles. The minimum atomic E-state index is -0.252. The van der Waals surface area contributed by atoms with Crippen molar-refractivity contribution in [3.05, 3.63) is 59.4 Å². The third-order valence-corrected chi connectivity index (χ3v) is 3.50. The van der Waals surface area contributed by atoms with Gasteiger partial charge < -0.3 is 20.1 Å². The molecule has 0 atom stereocenters. The molecule has 2 N–H and O–H groups in total. The van der Waals surface area contributed by atoms with Crippen LogP contribution >= 0.6 is 0 Å². The number of nitrogens with one attached hydrogen (secondary N) is 2. The average Bonchev–Trinajstić information content (AvgIpc) is 2.61. The Balaban J connectivity index is 1.97. The summed E-state index contributed by atoms with van der Waals surface area (Å²) in [6.07, 6.45) is 0. The van der Waals surface area contributed by atoms with E-state index >= 15 is 0 Å². The number of rotatable bonds is 6. The van der Waals surface area contributed by atoms with Gasteiger partial charge in [0.15, 0.2) is 17.5 Å². The van der Waals surface area contributed by atoms with Gasteiger partial charge in [0.1, 0.15) is 5.82 Å². The molecule has 0 bridgehead atoms. The third-order valence-electron chi connectivity index (χ3n) is 3.50. The van der Waals surface area contributed by atoms with Crippen molar-refractivity contribution in [2.24, 2.45) is 4.99 Å². The Morgan fingerprint density at radius 1 is 1.04 bits per heavy atom. The maximum Gasteiger partial charge on any atom is 0.191 e. The standard InChI is InChI=1S/C18H22FN3O2/c1-20-18(21-11-13-6-4-8-15(19)10-13)22-12-14-7-5-9-16(23-2)17(14)24-3/h4-10H,11-12H2,1-3H3,(H2,20,21,22). The van der Waals surface area contributed by atoms with Crippen LogP contribution in [0.4, 0.5) is 4.39 Å². The highest BCUT2D eigenvalue weighted by Crippen LogP contribution is 2.30. The van der Waals surface area contributed by atoms with E-state index in [0.29, 0.717) is 30.5 Å². The van der Waals surface area contributed by atoms with E-state index in [1.807, 2.05) is 24.3 Å². The summed E-state index contributed by atoms with van der Waals surface area (Å²) in [5, 5.41) is 6.36. The first-order chi connectivity index (χ1) is 11.7. The lowest BCUT2D eigenvalue weighted by atomic mass is 10.2. The molecule has 24 heavy (non-hydrogen) atoms. The molecular weight excluding hydrogens is 309 g/mol. The third kappa shape index (κ3) is 4.62. The number of benzene rings is 2. The predicted molar refractivity (Wildman–Crippen MR) is 93.0 cm³/mol. The number of hydrogen-bond acceptors (Lipinski definition) is 3. The highest BCUT2D eigenvalue weighted by Gasteiger charge is 2.09. The van der Waals surface area contributed by atoms with Crippen LogP contribution in [0, 0.1) is 5.82 Å². The molecule has 2 aromatic carbocycles. The molecule has 0 aliphatic carbocycles. The number of para-hydroxylation sites is 1. The van der Waals surface area contributed by atoms with Gasteiger partial charge in [0.05, 0.1) is 14.2 Å². The second-order valence-corrected chi connectivity index (χ2v) is 5.06.